The van der Waals surface area contributed by atoms with Gasteiger partial charge in [-0.05, 0) is 24.1 Å². The van der Waals surface area contributed by atoms with E-state index in [0.717, 1.165) is 16.3 Å². The van der Waals surface area contributed by atoms with E-state index in [2.05, 4.69) is 9.71 Å². The molecule has 0 aliphatic heterocycles. The number of sulfonamides is 1. The minimum atomic E-state index is -3.61. The molecule has 114 valence electrons. The second-order valence-corrected chi connectivity index (χ2v) is 7.73. The van der Waals surface area contributed by atoms with Gasteiger partial charge in [0, 0.05) is 22.6 Å². The van der Waals surface area contributed by atoms with Gasteiger partial charge in [0.05, 0.1) is 11.4 Å². The first-order valence-electron chi connectivity index (χ1n) is 6.38. The van der Waals surface area contributed by atoms with Gasteiger partial charge in [-0.3, -0.25) is 0 Å². The summed E-state index contributed by atoms with van der Waals surface area (Å²) in [6.45, 7) is 2.47. The predicted molar refractivity (Wildman–Crippen MR) is 84.9 cm³/mol. The lowest BCUT2D eigenvalue weighted by Crippen LogP contribution is -2.23. The highest BCUT2D eigenvalue weighted by molar-refractivity contribution is 7.89. The van der Waals surface area contributed by atoms with Crippen LogP contribution >= 0.6 is 22.9 Å². The highest BCUT2D eigenvalue weighted by Crippen LogP contribution is 2.21. The zero-order valence-electron chi connectivity index (χ0n) is 11.5. The number of aryl methyl sites for hydroxylation is 1. The normalized spacial score (nSPS) is 11.8. The molecule has 2 rings (SSSR count). The summed E-state index contributed by atoms with van der Waals surface area (Å²) in [6, 6.07) is 4.52. The van der Waals surface area contributed by atoms with Crippen molar-refractivity contribution in [3.8, 4) is 0 Å². The van der Waals surface area contributed by atoms with Crippen LogP contribution < -0.4 is 10.5 Å². The van der Waals surface area contributed by atoms with Crippen LogP contribution in [0.1, 0.15) is 22.4 Å². The summed E-state index contributed by atoms with van der Waals surface area (Å²) in [5.74, 6) is 0. The summed E-state index contributed by atoms with van der Waals surface area (Å²) in [4.78, 5) is 5.42. The highest BCUT2D eigenvalue weighted by Gasteiger charge is 2.16. The van der Waals surface area contributed by atoms with Crippen molar-refractivity contribution in [3.05, 3.63) is 44.9 Å². The van der Waals surface area contributed by atoms with E-state index in [0.29, 0.717) is 10.6 Å². The zero-order chi connectivity index (χ0) is 15.5. The van der Waals surface area contributed by atoms with Crippen LogP contribution in [-0.4, -0.2) is 13.4 Å². The van der Waals surface area contributed by atoms with Gasteiger partial charge in [0.25, 0.3) is 0 Å². The van der Waals surface area contributed by atoms with Gasteiger partial charge in [0.15, 0.2) is 0 Å². The number of thiazole rings is 1. The maximum absolute atomic E-state index is 12.2. The fourth-order valence-corrected chi connectivity index (χ4v) is 3.92. The summed E-state index contributed by atoms with van der Waals surface area (Å²) >= 11 is 7.49. The summed E-state index contributed by atoms with van der Waals surface area (Å²) in [7, 11) is -3.61. The Morgan fingerprint density at radius 3 is 2.76 bits per heavy atom. The van der Waals surface area contributed by atoms with Crippen LogP contribution in [0.25, 0.3) is 0 Å². The fraction of sp³-hybridized carbons (Fsp3) is 0.308. The molecule has 3 N–H and O–H groups in total. The van der Waals surface area contributed by atoms with Crippen LogP contribution in [-0.2, 0) is 29.5 Å². The van der Waals surface area contributed by atoms with Crippen LogP contribution in [0.3, 0.4) is 0 Å². The summed E-state index contributed by atoms with van der Waals surface area (Å²) in [6.07, 6.45) is 2.65. The molecule has 0 radical (unpaired) electrons. The Kier molecular flexibility index (Phi) is 5.34. The molecule has 0 spiro atoms. The van der Waals surface area contributed by atoms with Crippen molar-refractivity contribution in [3.63, 3.8) is 0 Å². The largest absolute Gasteiger partial charge is 0.326 e. The van der Waals surface area contributed by atoms with Crippen LogP contribution in [0.2, 0.25) is 5.02 Å². The number of nitrogens with zero attached hydrogens (tertiary/aromatic N) is 1. The van der Waals surface area contributed by atoms with Gasteiger partial charge in [-0.1, -0.05) is 24.6 Å². The number of nitrogens with two attached hydrogens (primary N) is 1. The molecule has 5 nitrogen and oxygen atoms in total. The van der Waals surface area contributed by atoms with E-state index in [9.17, 15) is 8.42 Å². The van der Waals surface area contributed by atoms with Crippen molar-refractivity contribution < 1.29 is 8.42 Å². The third-order valence-corrected chi connectivity index (χ3v) is 5.81. The van der Waals surface area contributed by atoms with Crippen molar-refractivity contribution in [1.82, 2.24) is 9.71 Å². The van der Waals surface area contributed by atoms with E-state index in [1.807, 2.05) is 6.92 Å². The van der Waals surface area contributed by atoms with Crippen molar-refractivity contribution in [2.75, 3.05) is 0 Å². The Balaban J connectivity index is 2.12. The SMILES string of the molecule is CCc1cnc(CNS(=O)(=O)c2ccc(CN)c(Cl)c2)s1. The topological polar surface area (TPSA) is 85.1 Å². The van der Waals surface area contributed by atoms with Gasteiger partial charge < -0.3 is 5.73 Å². The number of nitrogens with one attached hydrogen (secondary N) is 1. The van der Waals surface area contributed by atoms with E-state index >= 15 is 0 Å². The lowest BCUT2D eigenvalue weighted by atomic mass is 10.2. The summed E-state index contributed by atoms with van der Waals surface area (Å²) in [5, 5.41) is 1.09. The molecule has 0 atom stereocenters. The monoisotopic (exact) mass is 345 g/mol. The van der Waals surface area contributed by atoms with Gasteiger partial charge in [0.2, 0.25) is 10.0 Å². The van der Waals surface area contributed by atoms with E-state index in [1.165, 1.54) is 23.5 Å². The van der Waals surface area contributed by atoms with Crippen LogP contribution in [0.4, 0.5) is 0 Å². The first-order chi connectivity index (χ1) is 9.96. The second-order valence-electron chi connectivity index (χ2n) is 4.36. The molecule has 1 heterocycles. The maximum Gasteiger partial charge on any atom is 0.241 e. The second kappa shape index (κ2) is 6.85. The number of benzene rings is 1. The Bertz CT molecular complexity index is 729. The van der Waals surface area contributed by atoms with E-state index in [1.54, 1.807) is 12.3 Å². The molecule has 0 aliphatic carbocycles. The van der Waals surface area contributed by atoms with Crippen molar-refractivity contribution in [1.29, 1.82) is 0 Å². The molecule has 0 amide bonds. The van der Waals surface area contributed by atoms with E-state index in [4.69, 9.17) is 17.3 Å². The lowest BCUT2D eigenvalue weighted by molar-refractivity contribution is 0.581. The van der Waals surface area contributed by atoms with Crippen molar-refractivity contribution in [2.45, 2.75) is 31.3 Å². The van der Waals surface area contributed by atoms with Gasteiger partial charge in [-0.25, -0.2) is 18.1 Å². The number of hydrogen-bond donors (Lipinski definition) is 2. The molecule has 2 aromatic rings. The van der Waals surface area contributed by atoms with Crippen LogP contribution in [0.5, 0.6) is 0 Å². The molecule has 0 fully saturated rings. The Morgan fingerprint density at radius 1 is 1.43 bits per heavy atom. The maximum atomic E-state index is 12.2. The number of aromatic nitrogens is 1. The molecule has 21 heavy (non-hydrogen) atoms. The smallest absolute Gasteiger partial charge is 0.241 e. The highest BCUT2D eigenvalue weighted by atomic mass is 35.5. The average molecular weight is 346 g/mol. The number of hydrogen-bond acceptors (Lipinski definition) is 5. The number of rotatable bonds is 6. The van der Waals surface area contributed by atoms with Gasteiger partial charge in [-0.2, -0.15) is 0 Å². The van der Waals surface area contributed by atoms with Gasteiger partial charge in [0.1, 0.15) is 5.01 Å². The Labute approximate surface area is 133 Å². The van der Waals surface area contributed by atoms with Gasteiger partial charge >= 0.3 is 0 Å². The van der Waals surface area contributed by atoms with E-state index < -0.39 is 10.0 Å². The first kappa shape index (κ1) is 16.4. The van der Waals surface area contributed by atoms with Gasteiger partial charge in [-0.15, -0.1) is 11.3 Å². The molecular weight excluding hydrogens is 330 g/mol. The molecule has 1 aromatic heterocycles. The predicted octanol–water partition coefficient (Wildman–Crippen LogP) is 2.30. The summed E-state index contributed by atoms with van der Waals surface area (Å²) < 4.78 is 26.9. The third kappa shape index (κ3) is 4.02. The van der Waals surface area contributed by atoms with Crippen molar-refractivity contribution >= 4 is 33.0 Å². The lowest BCUT2D eigenvalue weighted by Gasteiger charge is -2.07. The molecule has 0 bridgehead atoms. The Morgan fingerprint density at radius 2 is 2.19 bits per heavy atom. The molecule has 0 aliphatic rings. The molecule has 0 saturated carbocycles. The third-order valence-electron chi connectivity index (χ3n) is 2.92. The fourth-order valence-electron chi connectivity index (χ4n) is 1.69. The molecule has 1 aromatic carbocycles. The first-order valence-corrected chi connectivity index (χ1v) is 9.05. The molecule has 0 saturated heterocycles. The van der Waals surface area contributed by atoms with Crippen LogP contribution in [0, 0.1) is 0 Å². The number of halogens is 1. The molecular formula is C13H16ClN3O2S2. The van der Waals surface area contributed by atoms with E-state index in [-0.39, 0.29) is 18.0 Å². The van der Waals surface area contributed by atoms with Crippen molar-refractivity contribution in [2.24, 2.45) is 5.73 Å². The van der Waals surface area contributed by atoms with Crippen LogP contribution in [0.15, 0.2) is 29.3 Å². The quantitative estimate of drug-likeness (QED) is 0.841. The average Bonchev–Trinajstić information content (AvgIpc) is 2.93. The minimum Gasteiger partial charge on any atom is -0.326 e. The molecule has 8 heteroatoms. The Hall–Kier alpha value is -0.990. The minimum absolute atomic E-state index is 0.122. The zero-order valence-corrected chi connectivity index (χ0v) is 13.9. The standard InChI is InChI=1S/C13H16ClN3O2S2/c1-2-10-7-16-13(20-10)8-17-21(18,19)11-4-3-9(6-15)12(14)5-11/h3-5,7,17H,2,6,8,15H2,1H3. The summed E-state index contributed by atoms with van der Waals surface area (Å²) in [5.41, 5.74) is 6.21. The molecule has 0 unspecified atom stereocenters.